The minimum atomic E-state index is -0.370. The van der Waals surface area contributed by atoms with Crippen LogP contribution in [0.25, 0.3) is 0 Å². The Hall–Kier alpha value is -2.31. The largest absolute Gasteiger partial charge is 0.307 e. The molecule has 0 N–H and O–H groups in total. The molecule has 2 heterocycles. The summed E-state index contributed by atoms with van der Waals surface area (Å²) in [5.41, 5.74) is 3.70. The number of likely N-dealkylation sites (N-methyl/N-ethyl adjacent to an activating group) is 1. The Bertz CT molecular complexity index is 921. The average Bonchev–Trinajstić information content (AvgIpc) is 2.82. The number of amidine groups is 1. The topological polar surface area (TPSA) is 48.3 Å². The van der Waals surface area contributed by atoms with E-state index in [9.17, 15) is 4.79 Å². The lowest BCUT2D eigenvalue weighted by molar-refractivity contribution is -0.118. The summed E-state index contributed by atoms with van der Waals surface area (Å²) in [4.78, 5) is 26.3. The van der Waals surface area contributed by atoms with E-state index >= 15 is 0 Å². The molecule has 132 valence electrons. The molecule has 1 unspecified atom stereocenters. The van der Waals surface area contributed by atoms with Crippen LogP contribution < -0.4 is 4.90 Å². The van der Waals surface area contributed by atoms with E-state index in [2.05, 4.69) is 20.9 Å². The summed E-state index contributed by atoms with van der Waals surface area (Å²) >= 11 is 3.55. The van der Waals surface area contributed by atoms with Crippen molar-refractivity contribution in [2.24, 2.45) is 9.98 Å². The van der Waals surface area contributed by atoms with Crippen molar-refractivity contribution in [3.05, 3.63) is 64.1 Å². The molecule has 0 saturated carbocycles. The van der Waals surface area contributed by atoms with Crippen molar-refractivity contribution < 1.29 is 4.79 Å². The second kappa shape index (κ2) is 6.78. The van der Waals surface area contributed by atoms with Crippen LogP contribution in [0.1, 0.15) is 11.1 Å². The van der Waals surface area contributed by atoms with E-state index < -0.39 is 0 Å². The molecule has 2 aromatic carbocycles. The van der Waals surface area contributed by atoms with Gasteiger partial charge in [-0.1, -0.05) is 46.3 Å². The smallest absolute Gasteiger partial charge is 0.258 e. The van der Waals surface area contributed by atoms with E-state index in [4.69, 9.17) is 4.99 Å². The molecule has 0 aromatic heterocycles. The lowest BCUT2D eigenvalue weighted by atomic mass is 10.00. The Kier molecular flexibility index (Phi) is 4.46. The van der Waals surface area contributed by atoms with Gasteiger partial charge in [0.25, 0.3) is 5.91 Å². The fourth-order valence-corrected chi connectivity index (χ4v) is 3.73. The molecule has 2 aromatic rings. The van der Waals surface area contributed by atoms with Gasteiger partial charge in [0.05, 0.1) is 17.9 Å². The quantitative estimate of drug-likeness (QED) is 0.780. The molecule has 1 amide bonds. The molecule has 0 radical (unpaired) electrons. The molecule has 6 heteroatoms. The zero-order chi connectivity index (χ0) is 18.3. The van der Waals surface area contributed by atoms with Crippen LogP contribution in [0.2, 0.25) is 0 Å². The summed E-state index contributed by atoms with van der Waals surface area (Å²) in [6.45, 7) is 0.992. The zero-order valence-corrected chi connectivity index (χ0v) is 16.3. The van der Waals surface area contributed by atoms with Crippen molar-refractivity contribution in [2.45, 2.75) is 6.04 Å². The van der Waals surface area contributed by atoms with Crippen molar-refractivity contribution >= 4 is 39.1 Å². The Morgan fingerprint density at radius 2 is 1.96 bits per heavy atom. The Labute approximate surface area is 161 Å². The number of amides is 1. The summed E-state index contributed by atoms with van der Waals surface area (Å²) in [5.74, 6) is 0.734. The van der Waals surface area contributed by atoms with Gasteiger partial charge in [-0.25, -0.2) is 0 Å². The maximum absolute atomic E-state index is 13.0. The Morgan fingerprint density at radius 3 is 2.69 bits per heavy atom. The van der Waals surface area contributed by atoms with E-state index in [-0.39, 0.29) is 11.9 Å². The number of carbonyl (C=O) groups excluding carboxylic acids is 1. The van der Waals surface area contributed by atoms with Gasteiger partial charge in [-0.05, 0) is 32.3 Å². The summed E-state index contributed by atoms with van der Waals surface area (Å²) in [5, 5.41) is 0. The maximum Gasteiger partial charge on any atom is 0.258 e. The van der Waals surface area contributed by atoms with Gasteiger partial charge in [-0.15, -0.1) is 0 Å². The van der Waals surface area contributed by atoms with Crippen LogP contribution in [0.5, 0.6) is 0 Å². The molecule has 4 rings (SSSR count). The summed E-state index contributed by atoms with van der Waals surface area (Å²) in [6, 6.07) is 15.6. The van der Waals surface area contributed by atoms with E-state index in [1.54, 1.807) is 4.90 Å². The van der Waals surface area contributed by atoms with Gasteiger partial charge < -0.3 is 4.90 Å². The normalized spacial score (nSPS) is 19.0. The molecule has 0 bridgehead atoms. The van der Waals surface area contributed by atoms with E-state index in [0.717, 1.165) is 32.8 Å². The van der Waals surface area contributed by atoms with Crippen molar-refractivity contribution in [1.29, 1.82) is 0 Å². The van der Waals surface area contributed by atoms with Crippen LogP contribution in [-0.4, -0.2) is 55.6 Å². The molecule has 5 nitrogen and oxygen atoms in total. The number of nitrogens with zero attached hydrogens (tertiary/aromatic N) is 4. The molecule has 26 heavy (non-hydrogen) atoms. The number of halogens is 1. The molecule has 1 atom stereocenters. The molecule has 0 saturated heterocycles. The highest BCUT2D eigenvalue weighted by molar-refractivity contribution is 9.10. The Morgan fingerprint density at radius 1 is 1.19 bits per heavy atom. The van der Waals surface area contributed by atoms with Gasteiger partial charge >= 0.3 is 0 Å². The van der Waals surface area contributed by atoms with Gasteiger partial charge in [-0.3, -0.25) is 19.7 Å². The first-order valence-corrected chi connectivity index (χ1v) is 9.29. The second-order valence-corrected chi connectivity index (χ2v) is 7.61. The van der Waals surface area contributed by atoms with Crippen LogP contribution in [0.3, 0.4) is 0 Å². The van der Waals surface area contributed by atoms with Gasteiger partial charge in [0.2, 0.25) is 0 Å². The Balaban J connectivity index is 1.85. The number of rotatable bonds is 3. The fraction of sp³-hybridized carbons (Fsp3) is 0.250. The summed E-state index contributed by atoms with van der Waals surface area (Å²) in [6.07, 6.45) is 0. The van der Waals surface area contributed by atoms with Crippen LogP contribution >= 0.6 is 15.9 Å². The standard InChI is InChI=1S/C20H19BrN4O/c1-24(2)12-16-20(26)25-17-9-8-14(21)10-15(17)19(22-11-18(25)23-16)13-6-4-3-5-7-13/h3-10,16H,11-12H2,1-2H3. The highest BCUT2D eigenvalue weighted by Crippen LogP contribution is 2.32. The molecular formula is C20H19BrN4O. The summed E-state index contributed by atoms with van der Waals surface area (Å²) in [7, 11) is 3.90. The van der Waals surface area contributed by atoms with Crippen LogP contribution in [0, 0.1) is 0 Å². The molecule has 0 aliphatic carbocycles. The third-order valence-electron chi connectivity index (χ3n) is 4.49. The minimum Gasteiger partial charge on any atom is -0.307 e. The van der Waals surface area contributed by atoms with Crippen molar-refractivity contribution in [3.63, 3.8) is 0 Å². The monoisotopic (exact) mass is 410 g/mol. The van der Waals surface area contributed by atoms with Gasteiger partial charge in [0.1, 0.15) is 11.9 Å². The highest BCUT2D eigenvalue weighted by Gasteiger charge is 2.38. The van der Waals surface area contributed by atoms with E-state index in [1.807, 2.05) is 67.5 Å². The van der Waals surface area contributed by atoms with Crippen LogP contribution in [0.4, 0.5) is 5.69 Å². The first kappa shape index (κ1) is 17.1. The molecule has 2 aliphatic rings. The van der Waals surface area contributed by atoms with Crippen molar-refractivity contribution in [1.82, 2.24) is 4.90 Å². The highest BCUT2D eigenvalue weighted by atomic mass is 79.9. The number of fused-ring (bicyclic) bond motifs is 3. The predicted octanol–water partition coefficient (Wildman–Crippen LogP) is 2.98. The lowest BCUT2D eigenvalue weighted by Gasteiger charge is -2.21. The van der Waals surface area contributed by atoms with E-state index in [1.165, 1.54) is 0 Å². The lowest BCUT2D eigenvalue weighted by Crippen LogP contribution is -2.39. The average molecular weight is 411 g/mol. The predicted molar refractivity (Wildman–Crippen MR) is 108 cm³/mol. The number of anilines is 1. The van der Waals surface area contributed by atoms with Gasteiger partial charge in [0, 0.05) is 22.1 Å². The maximum atomic E-state index is 13.0. The number of benzene rings is 2. The van der Waals surface area contributed by atoms with E-state index in [0.29, 0.717) is 13.1 Å². The van der Waals surface area contributed by atoms with Gasteiger partial charge in [0.15, 0.2) is 0 Å². The number of carbonyl (C=O) groups is 1. The summed E-state index contributed by atoms with van der Waals surface area (Å²) < 4.78 is 0.955. The van der Waals surface area contributed by atoms with Crippen molar-refractivity contribution in [2.75, 3.05) is 32.1 Å². The molecular weight excluding hydrogens is 392 g/mol. The minimum absolute atomic E-state index is 0.0155. The molecule has 2 aliphatic heterocycles. The number of hydrogen-bond acceptors (Lipinski definition) is 4. The third-order valence-corrected chi connectivity index (χ3v) is 4.98. The van der Waals surface area contributed by atoms with Gasteiger partial charge in [-0.2, -0.15) is 0 Å². The first-order valence-electron chi connectivity index (χ1n) is 8.50. The van der Waals surface area contributed by atoms with Crippen molar-refractivity contribution in [3.8, 4) is 0 Å². The zero-order valence-electron chi connectivity index (χ0n) is 14.7. The van der Waals surface area contributed by atoms with Crippen LogP contribution in [-0.2, 0) is 4.79 Å². The number of hydrogen-bond donors (Lipinski definition) is 0. The third kappa shape index (κ3) is 2.99. The SMILES string of the molecule is CN(C)CC1N=C2CN=C(c3ccccc3)c3cc(Br)ccc3N2C1=O. The molecule has 0 spiro atoms. The van der Waals surface area contributed by atoms with Crippen LogP contribution in [0.15, 0.2) is 63.0 Å². The first-order chi connectivity index (χ1) is 12.5. The number of aliphatic imine (C=N–C) groups is 2. The second-order valence-electron chi connectivity index (χ2n) is 6.69. The fourth-order valence-electron chi connectivity index (χ4n) is 3.37. The molecule has 0 fully saturated rings.